The van der Waals surface area contributed by atoms with E-state index in [-0.39, 0.29) is 5.92 Å². The minimum Gasteiger partial charge on any atom is -0.317 e. The lowest BCUT2D eigenvalue weighted by molar-refractivity contribution is 0.0895. The van der Waals surface area contributed by atoms with Crippen molar-refractivity contribution >= 4 is 17.5 Å². The molecule has 0 atom stereocenters. The molecule has 3 heteroatoms. The van der Waals surface area contributed by atoms with Gasteiger partial charge in [-0.1, -0.05) is 26.0 Å². The number of carbonyl (C=O) groups is 1. The Kier molecular flexibility index (Phi) is 4.84. The van der Waals surface area contributed by atoms with Crippen LogP contribution in [-0.4, -0.2) is 24.1 Å². The highest BCUT2D eigenvalue weighted by Gasteiger charge is 2.21. The van der Waals surface area contributed by atoms with Gasteiger partial charge in [-0.15, -0.1) is 11.8 Å². The van der Waals surface area contributed by atoms with E-state index in [1.165, 1.54) is 4.90 Å². The molecule has 1 aliphatic rings. The van der Waals surface area contributed by atoms with Crippen molar-refractivity contribution in [1.29, 1.82) is 0 Å². The van der Waals surface area contributed by atoms with Gasteiger partial charge < -0.3 is 5.32 Å². The quantitative estimate of drug-likeness (QED) is 0.667. The third kappa shape index (κ3) is 3.59. The smallest absolute Gasteiger partial charge is 0.166 e. The van der Waals surface area contributed by atoms with Crippen LogP contribution in [0.25, 0.3) is 0 Å². The molecule has 0 bridgehead atoms. The number of nitrogens with one attached hydrogen (secondary N) is 1. The Balaban J connectivity index is 2.02. The number of piperidine rings is 1. The summed E-state index contributed by atoms with van der Waals surface area (Å²) in [7, 11) is 0. The van der Waals surface area contributed by atoms with Gasteiger partial charge in [0.1, 0.15) is 0 Å². The zero-order chi connectivity index (χ0) is 13.0. The van der Waals surface area contributed by atoms with Crippen molar-refractivity contribution in [3.8, 4) is 0 Å². The monoisotopic (exact) mass is 263 g/mol. The number of rotatable bonds is 4. The minimum absolute atomic E-state index is 0.217. The summed E-state index contributed by atoms with van der Waals surface area (Å²) in [5, 5.41) is 3.88. The highest BCUT2D eigenvalue weighted by molar-refractivity contribution is 7.99. The third-order valence-corrected chi connectivity index (χ3v) is 4.24. The Bertz CT molecular complexity index is 393. The number of hydrogen-bond donors (Lipinski definition) is 1. The number of carbonyl (C=O) groups excluding carboxylic acids is 1. The fourth-order valence-corrected chi connectivity index (χ4v) is 3.13. The van der Waals surface area contributed by atoms with Gasteiger partial charge in [0, 0.05) is 21.6 Å². The fraction of sp³-hybridized carbons (Fsp3) is 0.533. The van der Waals surface area contributed by atoms with E-state index in [4.69, 9.17) is 0 Å². The van der Waals surface area contributed by atoms with Crippen molar-refractivity contribution in [2.45, 2.75) is 36.8 Å². The van der Waals surface area contributed by atoms with Crippen LogP contribution in [-0.2, 0) is 0 Å². The molecule has 1 heterocycles. The zero-order valence-corrected chi connectivity index (χ0v) is 11.9. The first-order valence-corrected chi connectivity index (χ1v) is 7.56. The van der Waals surface area contributed by atoms with E-state index in [0.29, 0.717) is 11.0 Å². The minimum atomic E-state index is 0.217. The Labute approximate surface area is 114 Å². The van der Waals surface area contributed by atoms with Crippen molar-refractivity contribution in [2.75, 3.05) is 13.1 Å². The second kappa shape index (κ2) is 6.39. The molecule has 98 valence electrons. The van der Waals surface area contributed by atoms with Crippen LogP contribution in [0.2, 0.25) is 0 Å². The normalized spacial score (nSPS) is 17.1. The first-order chi connectivity index (χ1) is 8.66. The molecule has 1 aromatic rings. The maximum absolute atomic E-state index is 12.3. The second-order valence-electron chi connectivity index (χ2n) is 5.08. The van der Waals surface area contributed by atoms with Gasteiger partial charge >= 0.3 is 0 Å². The molecule has 0 amide bonds. The maximum atomic E-state index is 12.3. The van der Waals surface area contributed by atoms with Crippen LogP contribution >= 0.6 is 11.8 Å². The lowest BCUT2D eigenvalue weighted by Crippen LogP contribution is -2.31. The lowest BCUT2D eigenvalue weighted by atomic mass is 9.90. The Hall–Kier alpha value is -0.800. The van der Waals surface area contributed by atoms with Crippen LogP contribution in [0.4, 0.5) is 0 Å². The average Bonchev–Trinajstić information content (AvgIpc) is 2.39. The Morgan fingerprint density at radius 1 is 1.22 bits per heavy atom. The summed E-state index contributed by atoms with van der Waals surface area (Å²) in [6, 6.07) is 8.10. The molecule has 0 saturated carbocycles. The molecule has 0 aliphatic carbocycles. The standard InChI is InChI=1S/C15H21NOS/c1-11(2)18-14-5-3-12(4-6-14)15(17)13-7-9-16-10-8-13/h3-6,11,13,16H,7-10H2,1-2H3. The summed E-state index contributed by atoms with van der Waals surface area (Å²) in [6.45, 7) is 6.30. The number of benzene rings is 1. The first kappa shape index (κ1) is 13.6. The van der Waals surface area contributed by atoms with Crippen LogP contribution in [0, 0.1) is 5.92 Å². The Morgan fingerprint density at radius 2 is 1.83 bits per heavy atom. The van der Waals surface area contributed by atoms with E-state index in [0.717, 1.165) is 31.5 Å². The number of hydrogen-bond acceptors (Lipinski definition) is 3. The summed E-state index contributed by atoms with van der Waals surface area (Å²) >= 11 is 1.83. The summed E-state index contributed by atoms with van der Waals surface area (Å²) in [5.41, 5.74) is 0.870. The molecule has 2 nitrogen and oxygen atoms in total. The molecule has 2 rings (SSSR count). The summed E-state index contributed by atoms with van der Waals surface area (Å²) < 4.78 is 0. The van der Waals surface area contributed by atoms with E-state index >= 15 is 0 Å². The highest BCUT2D eigenvalue weighted by atomic mass is 32.2. The number of ketones is 1. The molecule has 1 N–H and O–H groups in total. The third-order valence-electron chi connectivity index (χ3n) is 3.22. The molecule has 0 spiro atoms. The van der Waals surface area contributed by atoms with E-state index in [2.05, 4.69) is 31.3 Å². The molecule has 1 saturated heterocycles. The van der Waals surface area contributed by atoms with Gasteiger partial charge in [-0.25, -0.2) is 0 Å². The molecule has 18 heavy (non-hydrogen) atoms. The first-order valence-electron chi connectivity index (χ1n) is 6.68. The SMILES string of the molecule is CC(C)Sc1ccc(C(=O)C2CCNCC2)cc1. The number of Topliss-reactive ketones (excluding diaryl/α,β-unsaturated/α-hetero) is 1. The van der Waals surface area contributed by atoms with E-state index in [1.807, 2.05) is 23.9 Å². The average molecular weight is 263 g/mol. The largest absolute Gasteiger partial charge is 0.317 e. The second-order valence-corrected chi connectivity index (χ2v) is 6.73. The van der Waals surface area contributed by atoms with E-state index < -0.39 is 0 Å². The van der Waals surface area contributed by atoms with Gasteiger partial charge in [-0.3, -0.25) is 4.79 Å². The molecule has 1 aromatic carbocycles. The predicted molar refractivity (Wildman–Crippen MR) is 77.4 cm³/mol. The number of thioether (sulfide) groups is 1. The molecule has 0 unspecified atom stereocenters. The van der Waals surface area contributed by atoms with Crippen molar-refractivity contribution in [2.24, 2.45) is 5.92 Å². The van der Waals surface area contributed by atoms with Gasteiger partial charge in [0.2, 0.25) is 0 Å². The van der Waals surface area contributed by atoms with Gasteiger partial charge in [0.05, 0.1) is 0 Å². The highest BCUT2D eigenvalue weighted by Crippen LogP contribution is 2.24. The summed E-state index contributed by atoms with van der Waals surface area (Å²) in [4.78, 5) is 13.5. The van der Waals surface area contributed by atoms with Gasteiger partial charge in [-0.2, -0.15) is 0 Å². The van der Waals surface area contributed by atoms with E-state index in [1.54, 1.807) is 0 Å². The van der Waals surface area contributed by atoms with Crippen molar-refractivity contribution < 1.29 is 4.79 Å². The maximum Gasteiger partial charge on any atom is 0.166 e. The molecule has 1 aliphatic heterocycles. The topological polar surface area (TPSA) is 29.1 Å². The van der Waals surface area contributed by atoms with Crippen LogP contribution in [0.5, 0.6) is 0 Å². The molecule has 0 radical (unpaired) electrons. The summed E-state index contributed by atoms with van der Waals surface area (Å²) in [5.74, 6) is 0.535. The van der Waals surface area contributed by atoms with Gasteiger partial charge in [-0.05, 0) is 38.1 Å². The van der Waals surface area contributed by atoms with Crippen LogP contribution in [0.1, 0.15) is 37.0 Å². The van der Waals surface area contributed by atoms with Gasteiger partial charge in [0.15, 0.2) is 5.78 Å². The zero-order valence-electron chi connectivity index (χ0n) is 11.1. The molecular formula is C15H21NOS. The molecule has 1 fully saturated rings. The van der Waals surface area contributed by atoms with Crippen LogP contribution < -0.4 is 5.32 Å². The van der Waals surface area contributed by atoms with Crippen molar-refractivity contribution in [3.05, 3.63) is 29.8 Å². The van der Waals surface area contributed by atoms with Crippen molar-refractivity contribution in [3.63, 3.8) is 0 Å². The van der Waals surface area contributed by atoms with Crippen molar-refractivity contribution in [1.82, 2.24) is 5.32 Å². The van der Waals surface area contributed by atoms with Crippen LogP contribution in [0.3, 0.4) is 0 Å². The van der Waals surface area contributed by atoms with E-state index in [9.17, 15) is 4.79 Å². The lowest BCUT2D eigenvalue weighted by Gasteiger charge is -2.21. The predicted octanol–water partition coefficient (Wildman–Crippen LogP) is 3.37. The molecular weight excluding hydrogens is 242 g/mol. The molecule has 0 aromatic heterocycles. The Morgan fingerprint density at radius 3 is 2.39 bits per heavy atom. The van der Waals surface area contributed by atoms with Crippen LogP contribution in [0.15, 0.2) is 29.2 Å². The fourth-order valence-electron chi connectivity index (χ4n) is 2.29. The van der Waals surface area contributed by atoms with Gasteiger partial charge in [0.25, 0.3) is 0 Å². The summed E-state index contributed by atoms with van der Waals surface area (Å²) in [6.07, 6.45) is 1.95.